The summed E-state index contributed by atoms with van der Waals surface area (Å²) in [5, 5.41) is 7.12. The molecule has 5 heterocycles. The van der Waals surface area contributed by atoms with Crippen molar-refractivity contribution < 1.29 is 9.59 Å². The molecule has 3 N–H and O–H groups in total. The van der Waals surface area contributed by atoms with E-state index in [1.54, 1.807) is 23.0 Å². The van der Waals surface area contributed by atoms with Gasteiger partial charge in [-0.2, -0.15) is 5.10 Å². The highest BCUT2D eigenvalue weighted by atomic mass is 16.2. The second-order valence-corrected chi connectivity index (χ2v) is 9.69. The van der Waals surface area contributed by atoms with Crippen LogP contribution in [0.2, 0.25) is 0 Å². The van der Waals surface area contributed by atoms with Crippen molar-refractivity contribution in [2.75, 3.05) is 17.6 Å². The van der Waals surface area contributed by atoms with Crippen LogP contribution in [0.25, 0.3) is 16.8 Å². The number of aromatic nitrogens is 5. The van der Waals surface area contributed by atoms with E-state index in [4.69, 9.17) is 10.7 Å². The number of amides is 2. The number of hydrogen-bond donors (Lipinski definition) is 2. The highest BCUT2D eigenvalue weighted by molar-refractivity contribution is 6.04. The zero-order valence-corrected chi connectivity index (χ0v) is 20.3. The van der Waals surface area contributed by atoms with Gasteiger partial charge in [-0.15, -0.1) is 0 Å². The Morgan fingerprint density at radius 1 is 1.17 bits per heavy atom. The quantitative estimate of drug-likeness (QED) is 0.459. The number of nitrogen functional groups attached to an aromatic ring is 1. The predicted molar refractivity (Wildman–Crippen MR) is 135 cm³/mol. The van der Waals surface area contributed by atoms with Gasteiger partial charge in [-0.3, -0.25) is 18.7 Å². The molecule has 2 amide bonds. The first-order valence-electron chi connectivity index (χ1n) is 12.2. The minimum absolute atomic E-state index is 0.123. The zero-order valence-electron chi connectivity index (χ0n) is 20.3. The van der Waals surface area contributed by atoms with Crippen LogP contribution in [-0.2, 0) is 11.8 Å². The third-order valence-corrected chi connectivity index (χ3v) is 7.47. The average Bonchev–Trinajstić information content (AvgIpc) is 3.54. The van der Waals surface area contributed by atoms with Crippen LogP contribution >= 0.6 is 0 Å². The van der Waals surface area contributed by atoms with Gasteiger partial charge in [0.25, 0.3) is 5.91 Å². The maximum Gasteiger partial charge on any atom is 0.256 e. The second-order valence-electron chi connectivity index (χ2n) is 9.69. The van der Waals surface area contributed by atoms with E-state index in [1.165, 1.54) is 0 Å². The monoisotopic (exact) mass is 484 g/mol. The van der Waals surface area contributed by atoms with Crippen molar-refractivity contribution in [1.82, 2.24) is 29.0 Å². The molecule has 2 aliphatic rings. The minimum atomic E-state index is -0.233. The van der Waals surface area contributed by atoms with E-state index in [0.29, 0.717) is 36.2 Å². The van der Waals surface area contributed by atoms with Gasteiger partial charge in [0.2, 0.25) is 5.91 Å². The first-order chi connectivity index (χ1) is 17.4. The smallest absolute Gasteiger partial charge is 0.256 e. The number of nitrogens with one attached hydrogen (secondary N) is 1. The van der Waals surface area contributed by atoms with Crippen LogP contribution in [0.15, 0.2) is 42.7 Å². The number of carbonyl (C=O) groups excluding carboxylic acids is 2. The molecule has 2 fully saturated rings. The molecule has 10 nitrogen and oxygen atoms in total. The summed E-state index contributed by atoms with van der Waals surface area (Å²) in [5.74, 6) is 1.92. The normalized spacial score (nSPS) is 19.6. The summed E-state index contributed by atoms with van der Waals surface area (Å²) in [6.45, 7) is 2.60. The van der Waals surface area contributed by atoms with Gasteiger partial charge in [-0.25, -0.2) is 9.97 Å². The van der Waals surface area contributed by atoms with E-state index in [2.05, 4.69) is 15.4 Å². The lowest BCUT2D eigenvalue weighted by molar-refractivity contribution is -0.130. The van der Waals surface area contributed by atoms with Gasteiger partial charge in [0.05, 0.1) is 0 Å². The van der Waals surface area contributed by atoms with Crippen LogP contribution < -0.4 is 11.1 Å². The van der Waals surface area contributed by atoms with E-state index in [0.717, 1.165) is 47.6 Å². The molecule has 0 spiro atoms. The summed E-state index contributed by atoms with van der Waals surface area (Å²) in [6, 6.07) is 9.47. The molecule has 2 unspecified atom stereocenters. The van der Waals surface area contributed by atoms with Crippen LogP contribution in [-0.4, -0.2) is 53.5 Å². The van der Waals surface area contributed by atoms with Gasteiger partial charge < -0.3 is 16.0 Å². The van der Waals surface area contributed by atoms with Crippen LogP contribution in [0.3, 0.4) is 0 Å². The molecule has 184 valence electrons. The molecule has 2 atom stereocenters. The molecule has 2 saturated heterocycles. The summed E-state index contributed by atoms with van der Waals surface area (Å²) >= 11 is 0. The van der Waals surface area contributed by atoms with Crippen molar-refractivity contribution in [2.24, 2.45) is 7.05 Å². The highest BCUT2D eigenvalue weighted by Crippen LogP contribution is 2.38. The first kappa shape index (κ1) is 22.3. The number of fused-ring (bicyclic) bond motifs is 2. The SMILES string of the molecule is Cc1cc(NC(=O)c2ccc(-c3nc(C4CCC5CCC(=O)N5C4)n4ccnc(N)c34)cc2)nn1C. The van der Waals surface area contributed by atoms with E-state index in [-0.39, 0.29) is 17.7 Å². The Kier molecular flexibility index (Phi) is 5.24. The van der Waals surface area contributed by atoms with Crippen molar-refractivity contribution in [2.45, 2.75) is 44.6 Å². The summed E-state index contributed by atoms with van der Waals surface area (Å²) in [7, 11) is 1.83. The van der Waals surface area contributed by atoms with E-state index < -0.39 is 0 Å². The van der Waals surface area contributed by atoms with Crippen LogP contribution in [0.4, 0.5) is 11.6 Å². The third-order valence-electron chi connectivity index (χ3n) is 7.47. The number of aryl methyl sites for hydroxylation is 2. The Morgan fingerprint density at radius 3 is 2.72 bits per heavy atom. The largest absolute Gasteiger partial charge is 0.382 e. The van der Waals surface area contributed by atoms with Gasteiger partial charge in [-0.1, -0.05) is 12.1 Å². The molecule has 1 aromatic carbocycles. The number of piperidine rings is 1. The molecular weight excluding hydrogens is 456 g/mol. The predicted octanol–water partition coefficient (Wildman–Crippen LogP) is 3.14. The lowest BCUT2D eigenvalue weighted by Crippen LogP contribution is -2.41. The van der Waals surface area contributed by atoms with Gasteiger partial charge >= 0.3 is 0 Å². The molecule has 0 radical (unpaired) electrons. The van der Waals surface area contributed by atoms with Crippen molar-refractivity contribution >= 4 is 29.0 Å². The number of anilines is 2. The molecule has 0 bridgehead atoms. The molecule has 10 heteroatoms. The Bertz CT molecular complexity index is 1470. The van der Waals surface area contributed by atoms with Gasteiger partial charge in [0, 0.05) is 67.3 Å². The number of benzene rings is 1. The number of hydrogen-bond acceptors (Lipinski definition) is 6. The minimum Gasteiger partial charge on any atom is -0.382 e. The zero-order chi connectivity index (χ0) is 25.0. The topological polar surface area (TPSA) is 123 Å². The molecular formula is C26H28N8O2. The van der Waals surface area contributed by atoms with Crippen LogP contribution in [0, 0.1) is 6.92 Å². The fraction of sp³-hybridized carbons (Fsp3) is 0.346. The number of nitrogens with zero attached hydrogens (tertiary/aromatic N) is 6. The van der Waals surface area contributed by atoms with Crippen LogP contribution in [0.5, 0.6) is 0 Å². The Labute approximate surface area is 208 Å². The summed E-state index contributed by atoms with van der Waals surface area (Å²) < 4.78 is 3.72. The Balaban J connectivity index is 1.31. The fourth-order valence-electron chi connectivity index (χ4n) is 5.44. The highest BCUT2D eigenvalue weighted by Gasteiger charge is 2.38. The average molecular weight is 485 g/mol. The maximum atomic E-state index is 12.7. The lowest BCUT2D eigenvalue weighted by atomic mass is 9.92. The molecule has 6 rings (SSSR count). The van der Waals surface area contributed by atoms with E-state index in [1.807, 2.05) is 47.7 Å². The third kappa shape index (κ3) is 3.69. The Hall–Kier alpha value is -4.21. The van der Waals surface area contributed by atoms with Gasteiger partial charge in [0.15, 0.2) is 5.82 Å². The first-order valence-corrected chi connectivity index (χ1v) is 12.2. The standard InChI is InChI=1S/C26H28N8O2/c1-15-13-20(31-32(15)2)29-26(36)17-5-3-16(4-6-17)22-23-24(27)28-11-12-33(23)25(30-22)18-7-8-19-9-10-21(35)34(19)14-18/h3-6,11-13,18-19H,7-10,14H2,1-2H3,(H2,27,28)(H,29,31,36). The molecule has 4 aromatic rings. The summed E-state index contributed by atoms with van der Waals surface area (Å²) in [5.41, 5.74) is 10.1. The summed E-state index contributed by atoms with van der Waals surface area (Å²) in [4.78, 5) is 36.5. The molecule has 0 aliphatic carbocycles. The van der Waals surface area contributed by atoms with Crippen molar-refractivity contribution in [3.8, 4) is 11.3 Å². The number of carbonyl (C=O) groups is 2. The van der Waals surface area contributed by atoms with Crippen molar-refractivity contribution in [3.05, 3.63) is 59.8 Å². The van der Waals surface area contributed by atoms with E-state index >= 15 is 0 Å². The summed E-state index contributed by atoms with van der Waals surface area (Å²) in [6.07, 6.45) is 7.11. The van der Waals surface area contributed by atoms with Crippen molar-refractivity contribution in [1.29, 1.82) is 0 Å². The van der Waals surface area contributed by atoms with Crippen molar-refractivity contribution in [3.63, 3.8) is 0 Å². The lowest BCUT2D eigenvalue weighted by Gasteiger charge is -2.34. The number of imidazole rings is 1. The van der Waals surface area contributed by atoms with Crippen LogP contribution in [0.1, 0.15) is 53.5 Å². The maximum absolute atomic E-state index is 12.7. The van der Waals surface area contributed by atoms with Gasteiger partial charge in [-0.05, 0) is 38.3 Å². The van der Waals surface area contributed by atoms with E-state index in [9.17, 15) is 9.59 Å². The second kappa shape index (κ2) is 8.47. The number of rotatable bonds is 4. The van der Waals surface area contributed by atoms with Gasteiger partial charge in [0.1, 0.15) is 22.9 Å². The fourth-order valence-corrected chi connectivity index (χ4v) is 5.44. The molecule has 2 aliphatic heterocycles. The number of nitrogens with two attached hydrogens (primary N) is 1. The molecule has 36 heavy (non-hydrogen) atoms. The Morgan fingerprint density at radius 2 is 1.97 bits per heavy atom. The molecule has 3 aromatic heterocycles. The molecule has 0 saturated carbocycles.